The van der Waals surface area contributed by atoms with Crippen molar-refractivity contribution in [3.63, 3.8) is 0 Å². The summed E-state index contributed by atoms with van der Waals surface area (Å²) in [6.07, 6.45) is 4.68. The average Bonchev–Trinajstić information content (AvgIpc) is 2.48. The van der Waals surface area contributed by atoms with Crippen LogP contribution in [0.5, 0.6) is 5.75 Å². The predicted octanol–water partition coefficient (Wildman–Crippen LogP) is 2.16. The highest BCUT2D eigenvalue weighted by Crippen LogP contribution is 2.27. The summed E-state index contributed by atoms with van der Waals surface area (Å²) in [7, 11) is 0. The van der Waals surface area contributed by atoms with Gasteiger partial charge in [-0.15, -0.1) is 0 Å². The van der Waals surface area contributed by atoms with Crippen molar-refractivity contribution in [3.8, 4) is 16.9 Å². The Morgan fingerprint density at radius 1 is 1.36 bits per heavy atom. The molecule has 0 spiro atoms. The van der Waals surface area contributed by atoms with Gasteiger partial charge in [-0.1, -0.05) is 18.2 Å². The van der Waals surface area contributed by atoms with Crippen molar-refractivity contribution in [1.82, 2.24) is 10.3 Å². The first-order valence-electron chi connectivity index (χ1n) is 7.48. The third-order valence-corrected chi connectivity index (χ3v) is 3.86. The summed E-state index contributed by atoms with van der Waals surface area (Å²) < 4.78 is 20.2. The van der Waals surface area contributed by atoms with Crippen LogP contribution < -0.4 is 10.1 Å². The topological polar surface area (TPSA) is 54.4 Å². The second kappa shape index (κ2) is 6.85. The van der Waals surface area contributed by atoms with Gasteiger partial charge >= 0.3 is 0 Å². The SMILES string of the molecule is OCCc1cccc(-c2cncc(OC[C@@H]3CCN3)c2)c1F. The summed E-state index contributed by atoms with van der Waals surface area (Å²) in [5, 5.41) is 12.3. The molecule has 0 radical (unpaired) electrons. The number of nitrogens with one attached hydrogen (secondary N) is 1. The molecule has 1 aromatic carbocycles. The Balaban J connectivity index is 1.80. The Hall–Kier alpha value is -1.98. The van der Waals surface area contributed by atoms with E-state index < -0.39 is 0 Å². The Morgan fingerprint density at radius 3 is 2.95 bits per heavy atom. The molecule has 1 saturated heterocycles. The van der Waals surface area contributed by atoms with Crippen molar-refractivity contribution in [2.45, 2.75) is 18.9 Å². The number of pyridine rings is 1. The zero-order valence-corrected chi connectivity index (χ0v) is 12.3. The van der Waals surface area contributed by atoms with Gasteiger partial charge in [0.05, 0.1) is 6.20 Å². The smallest absolute Gasteiger partial charge is 0.138 e. The van der Waals surface area contributed by atoms with E-state index in [-0.39, 0.29) is 12.4 Å². The Morgan fingerprint density at radius 2 is 2.23 bits per heavy atom. The fourth-order valence-electron chi connectivity index (χ4n) is 2.45. The molecule has 1 atom stereocenters. The molecule has 2 aromatic rings. The van der Waals surface area contributed by atoms with E-state index in [1.54, 1.807) is 36.7 Å². The standard InChI is InChI=1S/C17H19FN2O2/c18-17-12(5-7-21)2-1-3-16(17)13-8-15(10-19-9-13)22-11-14-4-6-20-14/h1-3,8-10,14,20-21H,4-7,11H2/t14-/m0/s1. The first-order chi connectivity index (χ1) is 10.8. The van der Waals surface area contributed by atoms with Crippen molar-refractivity contribution in [2.24, 2.45) is 0 Å². The van der Waals surface area contributed by atoms with Crippen LogP contribution >= 0.6 is 0 Å². The summed E-state index contributed by atoms with van der Waals surface area (Å²) >= 11 is 0. The number of halogens is 1. The van der Waals surface area contributed by atoms with Gasteiger partial charge in [0.25, 0.3) is 0 Å². The molecule has 1 aromatic heterocycles. The summed E-state index contributed by atoms with van der Waals surface area (Å²) in [5.74, 6) is 0.328. The maximum atomic E-state index is 14.5. The highest BCUT2D eigenvalue weighted by atomic mass is 19.1. The van der Waals surface area contributed by atoms with E-state index >= 15 is 0 Å². The van der Waals surface area contributed by atoms with E-state index in [4.69, 9.17) is 9.84 Å². The number of hydrogen-bond donors (Lipinski definition) is 2. The minimum absolute atomic E-state index is 0.0733. The molecule has 5 heteroatoms. The van der Waals surface area contributed by atoms with Crippen LogP contribution in [-0.2, 0) is 6.42 Å². The first kappa shape index (κ1) is 14.9. The van der Waals surface area contributed by atoms with Crippen LogP contribution in [0.2, 0.25) is 0 Å². The van der Waals surface area contributed by atoms with Crippen LogP contribution in [0, 0.1) is 5.82 Å². The Labute approximate surface area is 129 Å². The van der Waals surface area contributed by atoms with Crippen LogP contribution in [0.3, 0.4) is 0 Å². The number of hydrogen-bond acceptors (Lipinski definition) is 4. The minimum atomic E-state index is -0.309. The molecule has 4 nitrogen and oxygen atoms in total. The Bertz CT molecular complexity index is 644. The fourth-order valence-corrected chi connectivity index (χ4v) is 2.45. The van der Waals surface area contributed by atoms with Gasteiger partial charge in [-0.3, -0.25) is 4.98 Å². The van der Waals surface area contributed by atoms with E-state index in [1.807, 2.05) is 0 Å². The van der Waals surface area contributed by atoms with Crippen LogP contribution in [0.25, 0.3) is 11.1 Å². The lowest BCUT2D eigenvalue weighted by molar-refractivity contribution is 0.217. The van der Waals surface area contributed by atoms with Gasteiger partial charge in [-0.25, -0.2) is 4.39 Å². The molecule has 1 aliphatic rings. The van der Waals surface area contributed by atoms with Gasteiger partial charge in [-0.2, -0.15) is 0 Å². The van der Waals surface area contributed by atoms with Crippen molar-refractivity contribution < 1.29 is 14.2 Å². The van der Waals surface area contributed by atoms with Crippen LogP contribution in [0.1, 0.15) is 12.0 Å². The van der Waals surface area contributed by atoms with E-state index in [9.17, 15) is 4.39 Å². The predicted molar refractivity (Wildman–Crippen MR) is 82.3 cm³/mol. The summed E-state index contributed by atoms with van der Waals surface area (Å²) in [5.41, 5.74) is 1.66. The maximum absolute atomic E-state index is 14.5. The van der Waals surface area contributed by atoms with Gasteiger partial charge in [-0.05, 0) is 31.0 Å². The molecule has 1 fully saturated rings. The van der Waals surface area contributed by atoms with Crippen LogP contribution in [0.4, 0.5) is 4.39 Å². The molecule has 0 amide bonds. The zero-order chi connectivity index (χ0) is 15.4. The lowest BCUT2D eigenvalue weighted by Gasteiger charge is -2.27. The summed E-state index contributed by atoms with van der Waals surface area (Å²) in [6.45, 7) is 1.56. The van der Waals surface area contributed by atoms with E-state index in [0.29, 0.717) is 41.5 Å². The van der Waals surface area contributed by atoms with Crippen molar-refractivity contribution in [3.05, 3.63) is 48.0 Å². The second-order valence-electron chi connectivity index (χ2n) is 5.41. The number of aliphatic hydroxyl groups excluding tert-OH is 1. The average molecular weight is 302 g/mol. The van der Waals surface area contributed by atoms with Gasteiger partial charge in [0, 0.05) is 30.0 Å². The van der Waals surface area contributed by atoms with Gasteiger partial charge < -0.3 is 15.2 Å². The Kier molecular flexibility index (Phi) is 4.65. The molecule has 116 valence electrons. The monoisotopic (exact) mass is 302 g/mol. The lowest BCUT2D eigenvalue weighted by Crippen LogP contribution is -2.46. The van der Waals surface area contributed by atoms with Crippen LogP contribution in [-0.4, -0.2) is 35.9 Å². The van der Waals surface area contributed by atoms with Crippen molar-refractivity contribution in [2.75, 3.05) is 19.8 Å². The normalized spacial score (nSPS) is 17.1. The van der Waals surface area contributed by atoms with E-state index in [1.165, 1.54) is 0 Å². The third-order valence-electron chi connectivity index (χ3n) is 3.86. The highest BCUT2D eigenvalue weighted by Gasteiger charge is 2.17. The third kappa shape index (κ3) is 3.26. The largest absolute Gasteiger partial charge is 0.490 e. The molecular formula is C17H19FN2O2. The molecule has 2 N–H and O–H groups in total. The molecule has 0 bridgehead atoms. The molecule has 0 unspecified atom stereocenters. The second-order valence-corrected chi connectivity index (χ2v) is 5.41. The van der Waals surface area contributed by atoms with Gasteiger partial charge in [0.15, 0.2) is 0 Å². The quantitative estimate of drug-likeness (QED) is 0.858. The number of nitrogens with zero attached hydrogens (tertiary/aromatic N) is 1. The minimum Gasteiger partial charge on any atom is -0.490 e. The van der Waals surface area contributed by atoms with Gasteiger partial charge in [0.2, 0.25) is 0 Å². The van der Waals surface area contributed by atoms with E-state index in [2.05, 4.69) is 10.3 Å². The first-order valence-corrected chi connectivity index (χ1v) is 7.48. The summed E-state index contributed by atoms with van der Waals surface area (Å²) in [4.78, 5) is 4.14. The van der Waals surface area contributed by atoms with E-state index in [0.717, 1.165) is 13.0 Å². The van der Waals surface area contributed by atoms with Crippen molar-refractivity contribution >= 4 is 0 Å². The number of benzene rings is 1. The lowest BCUT2D eigenvalue weighted by atomic mass is 10.0. The number of rotatable bonds is 6. The van der Waals surface area contributed by atoms with Crippen LogP contribution in [0.15, 0.2) is 36.7 Å². The molecule has 22 heavy (non-hydrogen) atoms. The maximum Gasteiger partial charge on any atom is 0.138 e. The number of aliphatic hydroxyl groups is 1. The van der Waals surface area contributed by atoms with Gasteiger partial charge in [0.1, 0.15) is 18.2 Å². The molecule has 3 rings (SSSR count). The molecular weight excluding hydrogens is 283 g/mol. The molecule has 2 heterocycles. The molecule has 0 saturated carbocycles. The summed E-state index contributed by atoms with van der Waals surface area (Å²) in [6, 6.07) is 7.38. The number of ether oxygens (including phenoxy) is 1. The zero-order valence-electron chi connectivity index (χ0n) is 12.3. The molecule has 0 aliphatic carbocycles. The highest BCUT2D eigenvalue weighted by molar-refractivity contribution is 5.65. The fraction of sp³-hybridized carbons (Fsp3) is 0.353. The number of aromatic nitrogens is 1. The van der Waals surface area contributed by atoms with Crippen molar-refractivity contribution in [1.29, 1.82) is 0 Å². The molecule has 1 aliphatic heterocycles.